The molecule has 0 amide bonds. The summed E-state index contributed by atoms with van der Waals surface area (Å²) in [6.45, 7) is 6.73. The number of aromatic nitrogens is 2. The summed E-state index contributed by atoms with van der Waals surface area (Å²) in [6, 6.07) is 30.5. The van der Waals surface area contributed by atoms with Crippen molar-refractivity contribution in [3.63, 3.8) is 0 Å². The van der Waals surface area contributed by atoms with Gasteiger partial charge in [0.25, 0.3) is 0 Å². The Hall–Kier alpha value is -4.37. The molecule has 4 heterocycles. The summed E-state index contributed by atoms with van der Waals surface area (Å²) in [7, 11) is 0. The Bertz CT molecular complexity index is 2140. The average molecular weight is 465 g/mol. The third-order valence-electron chi connectivity index (χ3n) is 7.73. The predicted molar refractivity (Wildman–Crippen MR) is 150 cm³/mol. The Morgan fingerprint density at radius 3 is 2.33 bits per heavy atom. The van der Waals surface area contributed by atoms with Crippen LogP contribution < -0.4 is 0 Å². The number of hydrogen-bond acceptors (Lipinski definition) is 2. The van der Waals surface area contributed by atoms with Gasteiger partial charge < -0.3 is 8.82 Å². The molecule has 0 aliphatic rings. The molecule has 0 fully saturated rings. The fraction of sp³-hybridized carbons (Fsp3) is 0.121. The van der Waals surface area contributed by atoms with Crippen molar-refractivity contribution in [3.8, 4) is 11.3 Å². The molecular weight excluding hydrogens is 440 g/mol. The molecule has 8 aromatic rings. The van der Waals surface area contributed by atoms with Crippen LogP contribution in [0.1, 0.15) is 26.3 Å². The zero-order valence-electron chi connectivity index (χ0n) is 20.5. The molecule has 0 aliphatic carbocycles. The van der Waals surface area contributed by atoms with Gasteiger partial charge in [0.05, 0.1) is 27.6 Å². The van der Waals surface area contributed by atoms with E-state index in [1.807, 2.05) is 12.3 Å². The fourth-order valence-corrected chi connectivity index (χ4v) is 5.95. The van der Waals surface area contributed by atoms with Gasteiger partial charge in [0.1, 0.15) is 11.2 Å². The first-order valence-electron chi connectivity index (χ1n) is 12.5. The molecule has 0 atom stereocenters. The van der Waals surface area contributed by atoms with E-state index >= 15 is 0 Å². The van der Waals surface area contributed by atoms with Gasteiger partial charge in [-0.3, -0.25) is 4.98 Å². The van der Waals surface area contributed by atoms with E-state index in [1.54, 1.807) is 0 Å². The van der Waals surface area contributed by atoms with Gasteiger partial charge in [-0.05, 0) is 53.4 Å². The van der Waals surface area contributed by atoms with E-state index in [2.05, 4.69) is 104 Å². The van der Waals surface area contributed by atoms with Crippen molar-refractivity contribution in [2.75, 3.05) is 0 Å². The smallest absolute Gasteiger partial charge is 0.145 e. The second-order valence-electron chi connectivity index (χ2n) is 10.9. The van der Waals surface area contributed by atoms with Crippen LogP contribution in [0.3, 0.4) is 0 Å². The first-order chi connectivity index (χ1) is 17.5. The van der Waals surface area contributed by atoms with Gasteiger partial charge in [-0.15, -0.1) is 0 Å². The maximum Gasteiger partial charge on any atom is 0.145 e. The molecule has 36 heavy (non-hydrogen) atoms. The molecule has 0 unspecified atom stereocenters. The van der Waals surface area contributed by atoms with Crippen LogP contribution in [0, 0.1) is 0 Å². The fourth-order valence-electron chi connectivity index (χ4n) is 5.95. The molecule has 0 N–H and O–H groups in total. The minimum atomic E-state index is 0.0672. The number of furan rings is 1. The minimum absolute atomic E-state index is 0.0672. The second kappa shape index (κ2) is 6.64. The summed E-state index contributed by atoms with van der Waals surface area (Å²) in [4.78, 5) is 4.75. The normalized spacial score (nSPS) is 12.9. The molecule has 4 aromatic heterocycles. The van der Waals surface area contributed by atoms with Crippen molar-refractivity contribution in [3.05, 3.63) is 96.7 Å². The third kappa shape index (κ3) is 2.50. The van der Waals surface area contributed by atoms with E-state index < -0.39 is 0 Å². The van der Waals surface area contributed by atoms with Gasteiger partial charge in [-0.25, -0.2) is 0 Å². The van der Waals surface area contributed by atoms with Crippen LogP contribution in [0.4, 0.5) is 0 Å². The summed E-state index contributed by atoms with van der Waals surface area (Å²) in [5.41, 5.74) is 9.01. The molecule has 0 radical (unpaired) electrons. The molecule has 172 valence electrons. The molecule has 0 spiro atoms. The van der Waals surface area contributed by atoms with Crippen molar-refractivity contribution in [2.45, 2.75) is 26.2 Å². The first-order valence-corrected chi connectivity index (χ1v) is 12.5. The van der Waals surface area contributed by atoms with Gasteiger partial charge in [-0.1, -0.05) is 63.2 Å². The van der Waals surface area contributed by atoms with E-state index in [0.717, 1.165) is 27.8 Å². The zero-order valence-corrected chi connectivity index (χ0v) is 20.5. The summed E-state index contributed by atoms with van der Waals surface area (Å²) in [5.74, 6) is 0. The lowest BCUT2D eigenvalue weighted by molar-refractivity contribution is 0.589. The lowest BCUT2D eigenvalue weighted by atomic mass is 9.87. The summed E-state index contributed by atoms with van der Waals surface area (Å²) in [6.07, 6.45) is 1.93. The van der Waals surface area contributed by atoms with Crippen LogP contribution >= 0.6 is 0 Å². The second-order valence-corrected chi connectivity index (χ2v) is 10.9. The molecule has 0 bridgehead atoms. The number of rotatable bonds is 1. The maximum absolute atomic E-state index is 6.55. The van der Waals surface area contributed by atoms with Crippen LogP contribution in [0.25, 0.3) is 71.3 Å². The van der Waals surface area contributed by atoms with Crippen molar-refractivity contribution < 1.29 is 4.42 Å². The van der Waals surface area contributed by atoms with Crippen molar-refractivity contribution >= 4 is 60.0 Å². The number of fused-ring (bicyclic) bond motifs is 10. The van der Waals surface area contributed by atoms with Gasteiger partial charge in [0.15, 0.2) is 0 Å². The summed E-state index contributed by atoms with van der Waals surface area (Å²) < 4.78 is 8.96. The highest BCUT2D eigenvalue weighted by molar-refractivity contribution is 6.32. The highest BCUT2D eigenvalue weighted by Gasteiger charge is 2.23. The number of para-hydroxylation sites is 2. The number of nitrogens with zero attached hydrogens (tertiary/aromatic N) is 2. The molecule has 8 rings (SSSR count). The lowest BCUT2D eigenvalue weighted by Gasteiger charge is -2.19. The Morgan fingerprint density at radius 2 is 1.47 bits per heavy atom. The Kier molecular flexibility index (Phi) is 3.67. The van der Waals surface area contributed by atoms with E-state index in [0.29, 0.717) is 0 Å². The Balaban J connectivity index is 1.56. The van der Waals surface area contributed by atoms with Crippen LogP contribution in [0.15, 0.2) is 95.5 Å². The number of pyridine rings is 1. The summed E-state index contributed by atoms with van der Waals surface area (Å²) in [5, 5.41) is 7.25. The van der Waals surface area contributed by atoms with E-state index in [4.69, 9.17) is 9.40 Å². The van der Waals surface area contributed by atoms with E-state index in [1.165, 1.54) is 49.0 Å². The van der Waals surface area contributed by atoms with Crippen LogP contribution in [0.2, 0.25) is 0 Å². The van der Waals surface area contributed by atoms with Crippen molar-refractivity contribution in [2.24, 2.45) is 0 Å². The van der Waals surface area contributed by atoms with E-state index in [-0.39, 0.29) is 5.41 Å². The quantitative estimate of drug-likeness (QED) is 0.242. The van der Waals surface area contributed by atoms with Crippen molar-refractivity contribution in [1.29, 1.82) is 0 Å². The molecule has 0 saturated heterocycles. The standard InChI is InChI=1S/C33H24N2O/c1-33(2,3)20-14-15-34-26(17-20)19-12-13-28-25(16-19)30-31-23(21-8-4-6-10-27(21)35(28)31)18-24-22-9-5-7-11-29(22)36-32(24)30/h4-18H,1-3H3. The first kappa shape index (κ1) is 19.9. The van der Waals surface area contributed by atoms with Gasteiger partial charge in [-0.2, -0.15) is 0 Å². The van der Waals surface area contributed by atoms with Crippen LogP contribution in [0.5, 0.6) is 0 Å². The molecule has 4 aromatic carbocycles. The third-order valence-corrected chi connectivity index (χ3v) is 7.73. The van der Waals surface area contributed by atoms with Gasteiger partial charge in [0.2, 0.25) is 0 Å². The largest absolute Gasteiger partial charge is 0.455 e. The highest BCUT2D eigenvalue weighted by Crippen LogP contribution is 2.46. The van der Waals surface area contributed by atoms with Crippen LogP contribution in [-0.2, 0) is 5.41 Å². The molecular formula is C33H24N2O. The topological polar surface area (TPSA) is 30.4 Å². The van der Waals surface area contributed by atoms with E-state index in [9.17, 15) is 0 Å². The van der Waals surface area contributed by atoms with Gasteiger partial charge >= 0.3 is 0 Å². The Morgan fingerprint density at radius 1 is 0.694 bits per heavy atom. The predicted octanol–water partition coefficient (Wildman–Crippen LogP) is 9.10. The SMILES string of the molecule is CC(C)(C)c1ccnc(-c2ccc3c(c2)c2c4oc5ccccc5c4cc4c5ccccc5n3c42)c1. The lowest BCUT2D eigenvalue weighted by Crippen LogP contribution is -2.11. The monoisotopic (exact) mass is 464 g/mol. The van der Waals surface area contributed by atoms with Crippen LogP contribution in [-0.4, -0.2) is 9.38 Å². The van der Waals surface area contributed by atoms with Gasteiger partial charge in [0, 0.05) is 38.7 Å². The van der Waals surface area contributed by atoms with Crippen molar-refractivity contribution in [1.82, 2.24) is 9.38 Å². The molecule has 3 nitrogen and oxygen atoms in total. The zero-order chi connectivity index (χ0) is 24.2. The molecule has 0 aliphatic heterocycles. The average Bonchev–Trinajstić information content (AvgIpc) is 3.54. The highest BCUT2D eigenvalue weighted by atomic mass is 16.3. The number of hydrogen-bond donors (Lipinski definition) is 0. The Labute approximate surface area is 207 Å². The summed E-state index contributed by atoms with van der Waals surface area (Å²) >= 11 is 0. The number of benzene rings is 4. The molecule has 3 heteroatoms. The maximum atomic E-state index is 6.55. The molecule has 0 saturated carbocycles. The minimum Gasteiger partial charge on any atom is -0.455 e.